The van der Waals surface area contributed by atoms with Gasteiger partial charge in [-0.2, -0.15) is 0 Å². The van der Waals surface area contributed by atoms with Crippen LogP contribution in [-0.4, -0.2) is 26.2 Å². The van der Waals surface area contributed by atoms with Crippen LogP contribution in [0.2, 0.25) is 0 Å². The van der Waals surface area contributed by atoms with Crippen molar-refractivity contribution in [3.63, 3.8) is 0 Å². The fraction of sp³-hybridized carbons (Fsp3) is 0.846. The van der Waals surface area contributed by atoms with Crippen molar-refractivity contribution in [2.45, 2.75) is 45.1 Å². The molecule has 1 aliphatic heterocycles. The van der Waals surface area contributed by atoms with Crippen LogP contribution in [-0.2, 0) is 0 Å². The summed E-state index contributed by atoms with van der Waals surface area (Å²) in [7, 11) is 2.12. The van der Waals surface area contributed by atoms with Gasteiger partial charge in [-0.15, -0.1) is 6.58 Å². The fourth-order valence-electron chi connectivity index (χ4n) is 3.11. The third-order valence-electron chi connectivity index (χ3n) is 3.85. The molecule has 2 N–H and O–H groups in total. The number of nitrogens with one attached hydrogen (secondary N) is 2. The van der Waals surface area contributed by atoms with E-state index in [4.69, 9.17) is 0 Å². The molecular formula is C13H26N2. The second-order valence-corrected chi connectivity index (χ2v) is 4.75. The molecule has 1 aliphatic carbocycles. The molecule has 1 saturated carbocycles. The predicted octanol–water partition coefficient (Wildman–Crippen LogP) is 2.32. The van der Waals surface area contributed by atoms with Crippen molar-refractivity contribution in [2.75, 3.05) is 20.1 Å². The van der Waals surface area contributed by atoms with Crippen molar-refractivity contribution in [2.24, 2.45) is 5.41 Å². The molecule has 1 spiro atoms. The van der Waals surface area contributed by atoms with E-state index in [0.29, 0.717) is 5.41 Å². The molecule has 0 aromatic heterocycles. The Hall–Kier alpha value is -0.340. The van der Waals surface area contributed by atoms with Crippen LogP contribution < -0.4 is 10.6 Å². The molecule has 2 nitrogen and oxygen atoms in total. The predicted molar refractivity (Wildman–Crippen MR) is 67.1 cm³/mol. The smallest absolute Gasteiger partial charge is 0.0121 e. The molecule has 2 rings (SSSR count). The van der Waals surface area contributed by atoms with Crippen LogP contribution in [0, 0.1) is 5.41 Å². The van der Waals surface area contributed by atoms with E-state index in [0.717, 1.165) is 6.04 Å². The molecule has 0 aromatic carbocycles. The summed E-state index contributed by atoms with van der Waals surface area (Å²) in [4.78, 5) is 0. The average Bonchev–Trinajstić information content (AvgIpc) is 2.63. The molecule has 1 saturated heterocycles. The van der Waals surface area contributed by atoms with Crippen LogP contribution in [0.1, 0.15) is 39.0 Å². The van der Waals surface area contributed by atoms with Gasteiger partial charge in [0.1, 0.15) is 0 Å². The van der Waals surface area contributed by atoms with Gasteiger partial charge in [-0.25, -0.2) is 0 Å². The van der Waals surface area contributed by atoms with Crippen molar-refractivity contribution in [1.82, 2.24) is 10.6 Å². The van der Waals surface area contributed by atoms with Gasteiger partial charge in [0, 0.05) is 6.04 Å². The molecule has 0 radical (unpaired) electrons. The van der Waals surface area contributed by atoms with Gasteiger partial charge < -0.3 is 10.6 Å². The molecule has 0 bridgehead atoms. The molecule has 1 heterocycles. The Morgan fingerprint density at radius 3 is 2.47 bits per heavy atom. The van der Waals surface area contributed by atoms with E-state index >= 15 is 0 Å². The molecule has 2 heteroatoms. The number of hydrogen-bond acceptors (Lipinski definition) is 2. The lowest BCUT2D eigenvalue weighted by Gasteiger charge is -2.39. The fourth-order valence-corrected chi connectivity index (χ4v) is 3.11. The molecule has 2 fully saturated rings. The number of piperidine rings is 1. The van der Waals surface area contributed by atoms with Crippen molar-refractivity contribution in [3.05, 3.63) is 12.7 Å². The molecular weight excluding hydrogens is 184 g/mol. The number of allylic oxidation sites excluding steroid dienone is 1. The lowest BCUT2D eigenvalue weighted by Crippen LogP contribution is -2.46. The van der Waals surface area contributed by atoms with Crippen molar-refractivity contribution < 1.29 is 0 Å². The summed E-state index contributed by atoms with van der Waals surface area (Å²) < 4.78 is 0. The maximum absolute atomic E-state index is 3.50. The minimum Gasteiger partial charge on any atom is -0.317 e. The van der Waals surface area contributed by atoms with Crippen LogP contribution in [0.15, 0.2) is 12.7 Å². The highest BCUT2D eigenvalue weighted by molar-refractivity contribution is 4.98. The lowest BCUT2D eigenvalue weighted by atomic mass is 9.74. The van der Waals surface area contributed by atoms with Crippen LogP contribution in [0.3, 0.4) is 0 Å². The topological polar surface area (TPSA) is 24.1 Å². The normalized spacial score (nSPS) is 28.3. The average molecular weight is 210 g/mol. The van der Waals surface area contributed by atoms with Crippen LogP contribution in [0.5, 0.6) is 0 Å². The third-order valence-corrected chi connectivity index (χ3v) is 3.85. The summed E-state index contributed by atoms with van der Waals surface area (Å²) in [5.41, 5.74) is 0.667. The lowest BCUT2D eigenvalue weighted by molar-refractivity contribution is 0.166. The second kappa shape index (κ2) is 6.29. The zero-order chi connectivity index (χ0) is 11.1. The highest BCUT2D eigenvalue weighted by Crippen LogP contribution is 2.44. The zero-order valence-electron chi connectivity index (χ0n) is 10.3. The van der Waals surface area contributed by atoms with Gasteiger partial charge in [-0.1, -0.05) is 12.5 Å². The molecule has 1 atom stereocenters. The first-order chi connectivity index (χ1) is 7.29. The van der Waals surface area contributed by atoms with Crippen LogP contribution >= 0.6 is 0 Å². The first kappa shape index (κ1) is 12.7. The second-order valence-electron chi connectivity index (χ2n) is 4.75. The van der Waals surface area contributed by atoms with Gasteiger partial charge in [-0.3, -0.25) is 0 Å². The Bertz CT molecular complexity index is 183. The standard InChI is InChI=1S/C10H20N2.C3H6/c1-11-9-3-2-4-10(9)5-7-12-8-6-10;1-3-2/h9,11-12H,2-8H2,1H3;3H,1H2,2H3. The summed E-state index contributed by atoms with van der Waals surface area (Å²) in [5, 5.41) is 6.95. The van der Waals surface area contributed by atoms with E-state index in [1.807, 2.05) is 6.92 Å². The van der Waals surface area contributed by atoms with Crippen molar-refractivity contribution in [3.8, 4) is 0 Å². The first-order valence-electron chi connectivity index (χ1n) is 6.24. The molecule has 2 aliphatic rings. The van der Waals surface area contributed by atoms with Crippen molar-refractivity contribution >= 4 is 0 Å². The van der Waals surface area contributed by atoms with E-state index in [9.17, 15) is 0 Å². The Labute approximate surface area is 94.5 Å². The maximum Gasteiger partial charge on any atom is 0.0121 e. The van der Waals surface area contributed by atoms with Gasteiger partial charge in [0.25, 0.3) is 0 Å². The highest BCUT2D eigenvalue weighted by Gasteiger charge is 2.42. The van der Waals surface area contributed by atoms with Crippen LogP contribution in [0.25, 0.3) is 0 Å². The summed E-state index contributed by atoms with van der Waals surface area (Å²) in [6.45, 7) is 7.72. The Balaban J connectivity index is 0.000000337. The van der Waals surface area contributed by atoms with E-state index < -0.39 is 0 Å². The van der Waals surface area contributed by atoms with Gasteiger partial charge in [0.15, 0.2) is 0 Å². The maximum atomic E-state index is 3.50. The van der Waals surface area contributed by atoms with Crippen LogP contribution in [0.4, 0.5) is 0 Å². The Morgan fingerprint density at radius 2 is 1.93 bits per heavy atom. The highest BCUT2D eigenvalue weighted by atomic mass is 14.9. The monoisotopic (exact) mass is 210 g/mol. The van der Waals surface area contributed by atoms with Gasteiger partial charge >= 0.3 is 0 Å². The van der Waals surface area contributed by atoms with E-state index in [1.54, 1.807) is 6.08 Å². The summed E-state index contributed by atoms with van der Waals surface area (Å²) in [5.74, 6) is 0. The minimum atomic E-state index is 0.667. The molecule has 0 aromatic rings. The molecule has 88 valence electrons. The molecule has 15 heavy (non-hydrogen) atoms. The van der Waals surface area contributed by atoms with Crippen molar-refractivity contribution in [1.29, 1.82) is 0 Å². The van der Waals surface area contributed by atoms with E-state index in [2.05, 4.69) is 24.3 Å². The SMILES string of the molecule is C=CC.CNC1CCCC12CCNCC2. The largest absolute Gasteiger partial charge is 0.317 e. The summed E-state index contributed by atoms with van der Waals surface area (Å²) in [6, 6.07) is 0.805. The third kappa shape index (κ3) is 3.05. The van der Waals surface area contributed by atoms with Gasteiger partial charge in [0.05, 0.1) is 0 Å². The summed E-state index contributed by atoms with van der Waals surface area (Å²) in [6.07, 6.45) is 8.82. The zero-order valence-corrected chi connectivity index (χ0v) is 10.3. The van der Waals surface area contributed by atoms with Gasteiger partial charge in [0.2, 0.25) is 0 Å². The van der Waals surface area contributed by atoms with E-state index in [-0.39, 0.29) is 0 Å². The Morgan fingerprint density at radius 1 is 1.33 bits per heavy atom. The number of hydrogen-bond donors (Lipinski definition) is 2. The quantitative estimate of drug-likeness (QED) is 0.649. The molecule has 1 unspecified atom stereocenters. The molecule has 0 amide bonds. The van der Waals surface area contributed by atoms with Gasteiger partial charge in [-0.05, 0) is 58.2 Å². The first-order valence-corrected chi connectivity index (χ1v) is 6.24. The van der Waals surface area contributed by atoms with E-state index in [1.165, 1.54) is 45.2 Å². The summed E-state index contributed by atoms with van der Waals surface area (Å²) >= 11 is 0. The minimum absolute atomic E-state index is 0.667. The number of rotatable bonds is 1. The Kier molecular flexibility index (Phi) is 5.34.